The summed E-state index contributed by atoms with van der Waals surface area (Å²) in [5.74, 6) is 1.02. The first-order valence-electron chi connectivity index (χ1n) is 3.45. The van der Waals surface area contributed by atoms with Gasteiger partial charge in [-0.3, -0.25) is 0 Å². The zero-order chi connectivity index (χ0) is 7.84. The molecule has 1 aromatic rings. The monoisotopic (exact) mass is 229 g/mol. The van der Waals surface area contributed by atoms with Crippen LogP contribution in [0.2, 0.25) is 0 Å². The van der Waals surface area contributed by atoms with Crippen LogP contribution in [0.4, 0.5) is 0 Å². The van der Waals surface area contributed by atoms with Crippen molar-refractivity contribution in [2.45, 2.75) is 10.9 Å². The Bertz CT molecular complexity index is 287. The molecule has 0 aliphatic carbocycles. The van der Waals surface area contributed by atoms with Crippen LogP contribution in [-0.4, -0.2) is 5.75 Å². The van der Waals surface area contributed by atoms with Crippen LogP contribution in [-0.2, 0) is 0 Å². The molecule has 0 amide bonds. The quantitative estimate of drug-likeness (QED) is 0.741. The maximum atomic E-state index is 5.87. The van der Waals surface area contributed by atoms with Crippen molar-refractivity contribution >= 4 is 27.7 Å². The Hall–Kier alpha value is 0.01000. The molecule has 0 radical (unpaired) electrons. The lowest BCUT2D eigenvalue weighted by molar-refractivity contribution is 0.832. The summed E-state index contributed by atoms with van der Waals surface area (Å²) in [6.07, 6.45) is 0. The van der Waals surface area contributed by atoms with E-state index in [1.54, 1.807) is 0 Å². The third kappa shape index (κ3) is 1.33. The standard InChI is InChI=1S/C8H8BrNS/c9-5-1-2-8-6(3-5)7(10)4-11-8/h1-3,7H,4,10H2/t7-/m1/s1. The summed E-state index contributed by atoms with van der Waals surface area (Å²) in [6.45, 7) is 0. The molecule has 0 fully saturated rings. The molecule has 1 heterocycles. The molecule has 0 saturated heterocycles. The number of fused-ring (bicyclic) bond motifs is 1. The average molecular weight is 230 g/mol. The normalized spacial score (nSPS) is 21.8. The van der Waals surface area contributed by atoms with E-state index in [0.717, 1.165) is 10.2 Å². The summed E-state index contributed by atoms with van der Waals surface area (Å²) in [4.78, 5) is 1.33. The predicted molar refractivity (Wildman–Crippen MR) is 51.8 cm³/mol. The van der Waals surface area contributed by atoms with Gasteiger partial charge in [-0.25, -0.2) is 0 Å². The van der Waals surface area contributed by atoms with Gasteiger partial charge in [0.1, 0.15) is 0 Å². The van der Waals surface area contributed by atoms with Gasteiger partial charge in [0.15, 0.2) is 0 Å². The summed E-state index contributed by atoms with van der Waals surface area (Å²) < 4.78 is 1.12. The van der Waals surface area contributed by atoms with Crippen LogP contribution in [0.3, 0.4) is 0 Å². The molecule has 0 unspecified atom stereocenters. The van der Waals surface area contributed by atoms with Crippen LogP contribution in [0.1, 0.15) is 11.6 Å². The maximum absolute atomic E-state index is 5.87. The van der Waals surface area contributed by atoms with Crippen LogP contribution in [0.25, 0.3) is 0 Å². The number of hydrogen-bond acceptors (Lipinski definition) is 2. The van der Waals surface area contributed by atoms with E-state index in [2.05, 4.69) is 34.1 Å². The minimum absolute atomic E-state index is 0.229. The molecule has 1 atom stereocenters. The van der Waals surface area contributed by atoms with E-state index in [1.165, 1.54) is 10.5 Å². The van der Waals surface area contributed by atoms with Gasteiger partial charge in [-0.1, -0.05) is 15.9 Å². The van der Waals surface area contributed by atoms with Gasteiger partial charge in [0.25, 0.3) is 0 Å². The molecule has 11 heavy (non-hydrogen) atoms. The summed E-state index contributed by atoms with van der Waals surface area (Å²) >= 11 is 5.27. The van der Waals surface area contributed by atoms with Crippen LogP contribution in [0, 0.1) is 0 Å². The summed E-state index contributed by atoms with van der Waals surface area (Å²) in [7, 11) is 0. The minimum Gasteiger partial charge on any atom is -0.323 e. The summed E-state index contributed by atoms with van der Waals surface area (Å²) in [5.41, 5.74) is 7.16. The van der Waals surface area contributed by atoms with E-state index in [-0.39, 0.29) is 6.04 Å². The second-order valence-electron chi connectivity index (χ2n) is 2.60. The molecular formula is C8H8BrNS. The van der Waals surface area contributed by atoms with Gasteiger partial charge in [-0.2, -0.15) is 0 Å². The van der Waals surface area contributed by atoms with E-state index in [4.69, 9.17) is 5.73 Å². The van der Waals surface area contributed by atoms with Crippen molar-refractivity contribution in [2.24, 2.45) is 5.73 Å². The van der Waals surface area contributed by atoms with Gasteiger partial charge in [-0.15, -0.1) is 11.8 Å². The first-order valence-corrected chi connectivity index (χ1v) is 5.23. The molecule has 0 bridgehead atoms. The minimum atomic E-state index is 0.229. The fourth-order valence-corrected chi connectivity index (χ4v) is 2.67. The number of thioether (sulfide) groups is 1. The largest absolute Gasteiger partial charge is 0.323 e. The van der Waals surface area contributed by atoms with Crippen LogP contribution < -0.4 is 5.73 Å². The van der Waals surface area contributed by atoms with Crippen molar-refractivity contribution in [3.8, 4) is 0 Å². The third-order valence-corrected chi connectivity index (χ3v) is 3.49. The van der Waals surface area contributed by atoms with Crippen LogP contribution in [0.15, 0.2) is 27.6 Å². The van der Waals surface area contributed by atoms with Gasteiger partial charge in [0.2, 0.25) is 0 Å². The highest BCUT2D eigenvalue weighted by molar-refractivity contribution is 9.10. The molecule has 2 rings (SSSR count). The first kappa shape index (κ1) is 7.65. The Morgan fingerprint density at radius 2 is 2.36 bits per heavy atom. The van der Waals surface area contributed by atoms with E-state index in [0.29, 0.717) is 0 Å². The molecule has 0 saturated carbocycles. The molecule has 1 aliphatic rings. The number of rotatable bonds is 0. The summed E-state index contributed by atoms with van der Waals surface area (Å²) in [6, 6.07) is 6.52. The summed E-state index contributed by atoms with van der Waals surface area (Å²) in [5, 5.41) is 0. The lowest BCUT2D eigenvalue weighted by atomic mass is 10.1. The van der Waals surface area contributed by atoms with Gasteiger partial charge in [0, 0.05) is 21.2 Å². The van der Waals surface area contributed by atoms with Gasteiger partial charge in [-0.05, 0) is 23.8 Å². The van der Waals surface area contributed by atoms with Gasteiger partial charge in [0.05, 0.1) is 0 Å². The van der Waals surface area contributed by atoms with E-state index in [1.807, 2.05) is 11.8 Å². The third-order valence-electron chi connectivity index (χ3n) is 1.79. The molecule has 1 nitrogen and oxygen atoms in total. The molecule has 3 heteroatoms. The number of nitrogens with two attached hydrogens (primary N) is 1. The molecular weight excluding hydrogens is 222 g/mol. The number of benzene rings is 1. The van der Waals surface area contributed by atoms with E-state index >= 15 is 0 Å². The Morgan fingerprint density at radius 3 is 3.18 bits per heavy atom. The van der Waals surface area contributed by atoms with Crippen molar-refractivity contribution in [1.29, 1.82) is 0 Å². The zero-order valence-corrected chi connectivity index (χ0v) is 8.28. The van der Waals surface area contributed by atoms with Gasteiger partial charge < -0.3 is 5.73 Å². The molecule has 0 spiro atoms. The van der Waals surface area contributed by atoms with Crippen LogP contribution in [0.5, 0.6) is 0 Å². The Kier molecular flexibility index (Phi) is 1.95. The molecule has 0 aromatic heterocycles. The number of hydrogen-bond donors (Lipinski definition) is 1. The Balaban J connectivity index is 2.52. The molecule has 1 aliphatic heterocycles. The van der Waals surface area contributed by atoms with E-state index in [9.17, 15) is 0 Å². The second kappa shape index (κ2) is 2.81. The van der Waals surface area contributed by atoms with E-state index < -0.39 is 0 Å². The smallest absolute Gasteiger partial charge is 0.0401 e. The molecule has 1 aromatic carbocycles. The SMILES string of the molecule is N[C@@H]1CSc2ccc(Br)cc21. The topological polar surface area (TPSA) is 26.0 Å². The number of halogens is 1. The second-order valence-corrected chi connectivity index (χ2v) is 4.58. The molecule has 2 N–H and O–H groups in total. The van der Waals surface area contributed by atoms with Crippen molar-refractivity contribution in [1.82, 2.24) is 0 Å². The Labute approximate surface area is 78.5 Å². The molecule has 58 valence electrons. The highest BCUT2D eigenvalue weighted by Crippen LogP contribution is 2.37. The lowest BCUT2D eigenvalue weighted by Gasteiger charge is -2.02. The fraction of sp³-hybridized carbons (Fsp3) is 0.250. The first-order chi connectivity index (χ1) is 5.27. The van der Waals surface area contributed by atoms with Crippen molar-refractivity contribution < 1.29 is 0 Å². The average Bonchev–Trinajstić information content (AvgIpc) is 2.33. The van der Waals surface area contributed by atoms with Crippen molar-refractivity contribution in [3.63, 3.8) is 0 Å². The van der Waals surface area contributed by atoms with Crippen LogP contribution >= 0.6 is 27.7 Å². The fourth-order valence-electron chi connectivity index (χ4n) is 1.21. The van der Waals surface area contributed by atoms with Crippen molar-refractivity contribution in [3.05, 3.63) is 28.2 Å². The highest BCUT2D eigenvalue weighted by Gasteiger charge is 2.18. The maximum Gasteiger partial charge on any atom is 0.0401 e. The Morgan fingerprint density at radius 1 is 1.55 bits per heavy atom. The van der Waals surface area contributed by atoms with Gasteiger partial charge >= 0.3 is 0 Å². The predicted octanol–water partition coefficient (Wildman–Crippen LogP) is 2.55. The lowest BCUT2D eigenvalue weighted by Crippen LogP contribution is -2.08. The highest BCUT2D eigenvalue weighted by atomic mass is 79.9. The van der Waals surface area contributed by atoms with Crippen molar-refractivity contribution in [2.75, 3.05) is 5.75 Å². The zero-order valence-electron chi connectivity index (χ0n) is 5.88.